The first-order valence-corrected chi connectivity index (χ1v) is 9.06. The lowest BCUT2D eigenvalue weighted by molar-refractivity contribution is 0.468. The van der Waals surface area contributed by atoms with Gasteiger partial charge in [0.25, 0.3) is 5.22 Å². The molecule has 0 radical (unpaired) electrons. The molecule has 0 amide bonds. The minimum absolute atomic E-state index is 0.224. The van der Waals surface area contributed by atoms with Gasteiger partial charge in [-0.2, -0.15) is 0 Å². The van der Waals surface area contributed by atoms with Crippen molar-refractivity contribution in [2.45, 2.75) is 10.1 Å². The molecule has 24 heavy (non-hydrogen) atoms. The van der Waals surface area contributed by atoms with Crippen LogP contribution in [0.15, 0.2) is 63.3 Å². The molecule has 1 unspecified atom stereocenters. The Morgan fingerprint density at radius 2 is 1.92 bits per heavy atom. The average molecular weight is 356 g/mol. The summed E-state index contributed by atoms with van der Waals surface area (Å²) in [6.45, 7) is 0. The lowest BCUT2D eigenvalue weighted by atomic mass is 10.2. The maximum Gasteiger partial charge on any atom is 0.273 e. The second-order valence-corrected chi connectivity index (χ2v) is 6.92. The molecule has 0 aliphatic rings. The van der Waals surface area contributed by atoms with Crippen LogP contribution in [0.1, 0.15) is 0 Å². The predicted molar refractivity (Wildman–Crippen MR) is 93.9 cm³/mol. The van der Waals surface area contributed by atoms with E-state index in [-0.39, 0.29) is 5.22 Å². The van der Waals surface area contributed by atoms with Crippen molar-refractivity contribution in [3.63, 3.8) is 0 Å². The summed E-state index contributed by atoms with van der Waals surface area (Å²) >= 11 is 3.04. The van der Waals surface area contributed by atoms with E-state index < -0.39 is 11.2 Å². The first-order valence-electron chi connectivity index (χ1n) is 7.05. The molecule has 0 saturated heterocycles. The normalized spacial score (nSPS) is 12.6. The van der Waals surface area contributed by atoms with Crippen LogP contribution in [-0.4, -0.2) is 30.6 Å². The lowest BCUT2D eigenvalue weighted by Crippen LogP contribution is -1.98. The predicted octanol–water partition coefficient (Wildman–Crippen LogP) is 3.10. The summed E-state index contributed by atoms with van der Waals surface area (Å²) in [4.78, 5) is 5.20. The Morgan fingerprint density at radius 3 is 2.58 bits per heavy atom. The molecule has 6 nitrogen and oxygen atoms in total. The topological polar surface area (TPSA) is 79.8 Å². The second-order valence-electron chi connectivity index (χ2n) is 5.16. The largest absolute Gasteiger partial charge is 0.612 e. The fourth-order valence-corrected chi connectivity index (χ4v) is 3.13. The molecule has 4 aromatic rings. The Kier molecular flexibility index (Phi) is 3.79. The van der Waals surface area contributed by atoms with Crippen molar-refractivity contribution in [1.82, 2.24) is 19.7 Å². The molecular weight excluding hydrogens is 344 g/mol. The molecule has 0 bridgehead atoms. The summed E-state index contributed by atoms with van der Waals surface area (Å²) in [6, 6.07) is 13.3. The van der Waals surface area contributed by atoms with Crippen molar-refractivity contribution in [2.75, 3.05) is 6.26 Å². The first kappa shape index (κ1) is 15.3. The zero-order valence-corrected chi connectivity index (χ0v) is 14.3. The summed E-state index contributed by atoms with van der Waals surface area (Å²) in [5.41, 5.74) is 3.50. The summed E-state index contributed by atoms with van der Waals surface area (Å²) in [7, 11) is 0. The molecule has 0 fully saturated rings. The minimum atomic E-state index is -0.997. The number of imidazole rings is 1. The number of benzene rings is 2. The van der Waals surface area contributed by atoms with E-state index in [4.69, 9.17) is 4.42 Å². The summed E-state index contributed by atoms with van der Waals surface area (Å²) in [6.07, 6.45) is 3.41. The van der Waals surface area contributed by atoms with Crippen LogP contribution in [0.2, 0.25) is 0 Å². The van der Waals surface area contributed by atoms with Crippen molar-refractivity contribution in [3.05, 3.63) is 48.8 Å². The van der Waals surface area contributed by atoms with Gasteiger partial charge in [-0.15, -0.1) is 10.2 Å². The van der Waals surface area contributed by atoms with E-state index in [1.807, 2.05) is 47.0 Å². The first-order chi connectivity index (χ1) is 11.6. The number of rotatable bonds is 3. The second kappa shape index (κ2) is 5.97. The van der Waals surface area contributed by atoms with Crippen LogP contribution >= 0.6 is 12.6 Å². The molecule has 8 heteroatoms. The van der Waals surface area contributed by atoms with Crippen LogP contribution in [0.5, 0.6) is 0 Å². The fraction of sp³-hybridized carbons (Fsp3) is 0.0625. The number of thiol groups is 1. The van der Waals surface area contributed by atoms with Crippen molar-refractivity contribution < 1.29 is 8.97 Å². The van der Waals surface area contributed by atoms with Crippen molar-refractivity contribution >= 4 is 34.8 Å². The number of aromatic nitrogens is 4. The minimum Gasteiger partial charge on any atom is -0.612 e. The summed E-state index contributed by atoms with van der Waals surface area (Å²) in [5, 5.41) is 7.94. The van der Waals surface area contributed by atoms with E-state index in [9.17, 15) is 4.55 Å². The Morgan fingerprint density at radius 1 is 1.12 bits per heavy atom. The molecule has 2 heterocycles. The number of fused-ring (bicyclic) bond motifs is 1. The van der Waals surface area contributed by atoms with E-state index in [0.29, 0.717) is 5.89 Å². The zero-order chi connectivity index (χ0) is 16.7. The highest BCUT2D eigenvalue weighted by Crippen LogP contribution is 2.26. The third-order valence-corrected chi connectivity index (χ3v) is 4.77. The standard InChI is InChI=1S/C16H12N4O2S2/c1-24(21)12-5-3-11(4-6-12)20-9-17-13-7-2-10(8-14(13)20)15-18-19-16(23)22-15/h2-9H,1H3,(H,19,23). The fourth-order valence-electron chi connectivity index (χ4n) is 2.48. The molecular formula is C16H12N4O2S2. The van der Waals surface area contributed by atoms with Crippen LogP contribution in [0.25, 0.3) is 28.2 Å². The molecule has 2 aromatic carbocycles. The Hall–Kier alpha value is -2.29. The molecule has 0 aliphatic carbocycles. The van der Waals surface area contributed by atoms with Gasteiger partial charge in [0.2, 0.25) is 5.89 Å². The molecule has 0 N–H and O–H groups in total. The highest BCUT2D eigenvalue weighted by molar-refractivity contribution is 7.90. The van der Waals surface area contributed by atoms with Crippen molar-refractivity contribution in [1.29, 1.82) is 0 Å². The van der Waals surface area contributed by atoms with Crippen LogP contribution in [0, 0.1) is 0 Å². The molecule has 2 aromatic heterocycles. The summed E-state index contributed by atoms with van der Waals surface area (Å²) < 4.78 is 18.8. The molecule has 4 rings (SSSR count). The van der Waals surface area contributed by atoms with Gasteiger partial charge in [0.05, 0.1) is 11.0 Å². The molecule has 120 valence electrons. The lowest BCUT2D eigenvalue weighted by Gasteiger charge is -2.07. The van der Waals surface area contributed by atoms with Crippen LogP contribution in [0.3, 0.4) is 0 Å². The van der Waals surface area contributed by atoms with Gasteiger partial charge in [0, 0.05) is 11.3 Å². The van der Waals surface area contributed by atoms with Gasteiger partial charge >= 0.3 is 0 Å². The quantitative estimate of drug-likeness (QED) is 0.451. The number of hydrogen-bond acceptors (Lipinski definition) is 6. The molecule has 0 saturated carbocycles. The van der Waals surface area contributed by atoms with Gasteiger partial charge in [0.15, 0.2) is 4.90 Å². The molecule has 0 spiro atoms. The van der Waals surface area contributed by atoms with E-state index in [1.165, 1.54) is 0 Å². The maximum absolute atomic E-state index is 11.5. The van der Waals surface area contributed by atoms with Crippen LogP contribution in [-0.2, 0) is 11.2 Å². The van der Waals surface area contributed by atoms with Gasteiger partial charge in [-0.1, -0.05) is 12.6 Å². The Labute approximate surface area is 146 Å². The Balaban J connectivity index is 1.81. The molecule has 0 aliphatic heterocycles. The molecule has 1 atom stereocenters. The third-order valence-electron chi connectivity index (χ3n) is 3.66. The van der Waals surface area contributed by atoms with Crippen molar-refractivity contribution in [3.8, 4) is 17.1 Å². The third kappa shape index (κ3) is 2.68. The highest BCUT2D eigenvalue weighted by Gasteiger charge is 2.11. The van der Waals surface area contributed by atoms with Gasteiger partial charge < -0.3 is 8.97 Å². The van der Waals surface area contributed by atoms with E-state index in [0.717, 1.165) is 27.2 Å². The monoisotopic (exact) mass is 356 g/mol. The number of nitrogens with zero attached hydrogens (tertiary/aromatic N) is 4. The van der Waals surface area contributed by atoms with Gasteiger partial charge in [-0.25, -0.2) is 4.98 Å². The average Bonchev–Trinajstić information content (AvgIpc) is 3.20. The van der Waals surface area contributed by atoms with E-state index in [1.54, 1.807) is 12.6 Å². The highest BCUT2D eigenvalue weighted by atomic mass is 32.2. The maximum atomic E-state index is 11.5. The smallest absolute Gasteiger partial charge is 0.273 e. The van der Waals surface area contributed by atoms with E-state index >= 15 is 0 Å². The van der Waals surface area contributed by atoms with Gasteiger partial charge in [0.1, 0.15) is 12.6 Å². The summed E-state index contributed by atoms with van der Waals surface area (Å²) in [5.74, 6) is 0.409. The van der Waals surface area contributed by atoms with Crippen LogP contribution < -0.4 is 0 Å². The SMILES string of the molecule is C[S+]([O-])c1ccc(-n2cnc3ccc(-c4nnc(S)o4)cc32)cc1. The van der Waals surface area contributed by atoms with Crippen molar-refractivity contribution in [2.24, 2.45) is 0 Å². The van der Waals surface area contributed by atoms with E-state index in [2.05, 4.69) is 27.8 Å². The number of hydrogen-bond donors (Lipinski definition) is 1. The zero-order valence-electron chi connectivity index (χ0n) is 12.6. The Bertz CT molecular complexity index is 1010. The van der Waals surface area contributed by atoms with Gasteiger partial charge in [-0.3, -0.25) is 4.57 Å². The van der Waals surface area contributed by atoms with Gasteiger partial charge in [-0.05, 0) is 53.6 Å². The van der Waals surface area contributed by atoms with Crippen LogP contribution in [0.4, 0.5) is 0 Å².